The predicted molar refractivity (Wildman–Crippen MR) is 113 cm³/mol. The van der Waals surface area contributed by atoms with Crippen LogP contribution in [0.15, 0.2) is 24.3 Å². The fourth-order valence-electron chi connectivity index (χ4n) is 4.55. The topological polar surface area (TPSA) is 70.3 Å². The molecule has 1 saturated heterocycles. The first-order valence-electron chi connectivity index (χ1n) is 10.4. The van der Waals surface area contributed by atoms with Gasteiger partial charge in [-0.3, -0.25) is 4.79 Å². The van der Waals surface area contributed by atoms with Crippen LogP contribution in [0.5, 0.6) is 0 Å². The number of hydrogen-bond acceptors (Lipinski definition) is 4. The minimum atomic E-state index is -0.101. The van der Waals surface area contributed by atoms with Gasteiger partial charge >= 0.3 is 0 Å². The third-order valence-corrected chi connectivity index (χ3v) is 6.27. The average molecular weight is 393 g/mol. The van der Waals surface area contributed by atoms with Crippen LogP contribution in [0.2, 0.25) is 0 Å². The number of fused-ring (bicyclic) bond motifs is 1. The van der Waals surface area contributed by atoms with E-state index in [1.54, 1.807) is 0 Å². The van der Waals surface area contributed by atoms with E-state index < -0.39 is 0 Å². The number of nitrogens with one attached hydrogen (secondary N) is 1. The molecule has 0 aliphatic carbocycles. The molecule has 1 N–H and O–H groups in total. The number of para-hydroxylation sites is 1. The maximum absolute atomic E-state index is 13.0. The Kier molecular flexibility index (Phi) is 5.33. The number of amides is 1. The van der Waals surface area contributed by atoms with Gasteiger partial charge in [0.15, 0.2) is 0 Å². The SMILES string of the molecule is Cc1c(C#N)c(NC(=O)CN2c3ccccc3CC2C)n(CC2CCCO2)c1C. The molecule has 1 aromatic carbocycles. The van der Waals surface area contributed by atoms with Gasteiger partial charge in [-0.2, -0.15) is 5.26 Å². The van der Waals surface area contributed by atoms with Crippen molar-refractivity contribution in [1.29, 1.82) is 5.26 Å². The molecule has 4 rings (SSSR count). The van der Waals surface area contributed by atoms with Gasteiger partial charge in [-0.15, -0.1) is 0 Å². The first kappa shape index (κ1) is 19.5. The fraction of sp³-hybridized carbons (Fsp3) is 0.478. The van der Waals surface area contributed by atoms with Crippen molar-refractivity contribution >= 4 is 17.4 Å². The normalized spacial score (nSPS) is 20.6. The molecule has 0 radical (unpaired) electrons. The molecule has 1 aromatic heterocycles. The number of rotatable bonds is 5. The van der Waals surface area contributed by atoms with Crippen LogP contribution in [-0.2, 0) is 22.5 Å². The standard InChI is InChI=1S/C23H28N4O2/c1-15-11-18-7-4-5-9-21(18)26(15)14-22(28)25-23-20(12-24)16(2)17(3)27(23)13-19-8-6-10-29-19/h4-5,7,9,15,19H,6,8,10-11,13-14H2,1-3H3,(H,25,28). The maximum atomic E-state index is 13.0. The molecule has 2 atom stereocenters. The summed E-state index contributed by atoms with van der Waals surface area (Å²) in [6, 6.07) is 10.8. The quantitative estimate of drug-likeness (QED) is 0.845. The summed E-state index contributed by atoms with van der Waals surface area (Å²) in [7, 11) is 0. The van der Waals surface area contributed by atoms with Gasteiger partial charge in [-0.25, -0.2) is 0 Å². The Morgan fingerprint density at radius 3 is 2.86 bits per heavy atom. The molecule has 6 heteroatoms. The Morgan fingerprint density at radius 1 is 1.34 bits per heavy atom. The molecule has 3 heterocycles. The van der Waals surface area contributed by atoms with E-state index >= 15 is 0 Å². The minimum absolute atomic E-state index is 0.101. The van der Waals surface area contributed by atoms with E-state index in [1.807, 2.05) is 30.5 Å². The highest BCUT2D eigenvalue weighted by atomic mass is 16.5. The number of nitriles is 1. The lowest BCUT2D eigenvalue weighted by Crippen LogP contribution is -2.37. The van der Waals surface area contributed by atoms with E-state index in [0.717, 1.165) is 42.8 Å². The third kappa shape index (κ3) is 3.63. The number of ether oxygens (including phenoxy) is 1. The Morgan fingerprint density at radius 2 is 2.14 bits per heavy atom. The zero-order valence-electron chi connectivity index (χ0n) is 17.4. The Hall–Kier alpha value is -2.78. The van der Waals surface area contributed by atoms with Crippen LogP contribution >= 0.6 is 0 Å². The number of hydrogen-bond donors (Lipinski definition) is 1. The van der Waals surface area contributed by atoms with Crippen molar-refractivity contribution in [3.8, 4) is 6.07 Å². The van der Waals surface area contributed by atoms with Crippen LogP contribution in [0, 0.1) is 25.2 Å². The second-order valence-corrected chi connectivity index (χ2v) is 8.15. The van der Waals surface area contributed by atoms with Gasteiger partial charge < -0.3 is 19.5 Å². The summed E-state index contributed by atoms with van der Waals surface area (Å²) in [4.78, 5) is 15.1. The van der Waals surface area contributed by atoms with E-state index in [-0.39, 0.29) is 24.6 Å². The summed E-state index contributed by atoms with van der Waals surface area (Å²) in [6.45, 7) is 7.79. The lowest BCUT2D eigenvalue weighted by Gasteiger charge is -2.24. The number of anilines is 2. The second-order valence-electron chi connectivity index (χ2n) is 8.15. The van der Waals surface area contributed by atoms with Crippen LogP contribution in [0.3, 0.4) is 0 Å². The van der Waals surface area contributed by atoms with Crippen LogP contribution in [0.25, 0.3) is 0 Å². The zero-order valence-corrected chi connectivity index (χ0v) is 17.4. The van der Waals surface area contributed by atoms with Gasteiger partial charge in [0.25, 0.3) is 0 Å². The lowest BCUT2D eigenvalue weighted by molar-refractivity contribution is -0.115. The molecule has 1 amide bonds. The van der Waals surface area contributed by atoms with Crippen molar-refractivity contribution in [2.24, 2.45) is 0 Å². The van der Waals surface area contributed by atoms with Crippen molar-refractivity contribution in [2.45, 2.75) is 58.7 Å². The first-order chi connectivity index (χ1) is 14.0. The molecule has 2 aliphatic heterocycles. The fourth-order valence-corrected chi connectivity index (χ4v) is 4.55. The van der Waals surface area contributed by atoms with Crippen LogP contribution in [0.4, 0.5) is 11.5 Å². The lowest BCUT2D eigenvalue weighted by atomic mass is 10.1. The monoisotopic (exact) mass is 392 g/mol. The smallest absolute Gasteiger partial charge is 0.245 e. The zero-order chi connectivity index (χ0) is 20.5. The van der Waals surface area contributed by atoms with Gasteiger partial charge in [0.2, 0.25) is 5.91 Å². The molecule has 152 valence electrons. The summed E-state index contributed by atoms with van der Waals surface area (Å²) in [5.41, 5.74) is 4.87. The molecule has 2 unspecified atom stereocenters. The van der Waals surface area contributed by atoms with Crippen LogP contribution in [0.1, 0.15) is 42.1 Å². The highest BCUT2D eigenvalue weighted by molar-refractivity contribution is 5.95. The Balaban J connectivity index is 1.56. The van der Waals surface area contributed by atoms with Crippen LogP contribution in [-0.4, -0.2) is 35.8 Å². The Labute approximate surface area is 172 Å². The summed E-state index contributed by atoms with van der Waals surface area (Å²) in [5.74, 6) is 0.499. The van der Waals surface area contributed by atoms with E-state index in [1.165, 1.54) is 5.56 Å². The molecule has 29 heavy (non-hydrogen) atoms. The van der Waals surface area contributed by atoms with Gasteiger partial charge in [-0.1, -0.05) is 18.2 Å². The molecular formula is C23H28N4O2. The molecule has 2 aliphatic rings. The summed E-state index contributed by atoms with van der Waals surface area (Å²) < 4.78 is 7.84. The summed E-state index contributed by atoms with van der Waals surface area (Å²) in [5, 5.41) is 12.8. The van der Waals surface area contributed by atoms with Gasteiger partial charge in [0.1, 0.15) is 11.9 Å². The molecular weight excluding hydrogens is 364 g/mol. The number of aromatic nitrogens is 1. The van der Waals surface area contributed by atoms with Gasteiger partial charge in [0, 0.05) is 24.0 Å². The molecule has 0 spiro atoms. The number of benzene rings is 1. The van der Waals surface area contributed by atoms with Crippen molar-refractivity contribution in [2.75, 3.05) is 23.4 Å². The van der Waals surface area contributed by atoms with Crippen molar-refractivity contribution < 1.29 is 9.53 Å². The van der Waals surface area contributed by atoms with Crippen molar-refractivity contribution in [1.82, 2.24) is 4.57 Å². The molecule has 2 aromatic rings. The van der Waals surface area contributed by atoms with Crippen molar-refractivity contribution in [3.63, 3.8) is 0 Å². The summed E-state index contributed by atoms with van der Waals surface area (Å²) >= 11 is 0. The number of carbonyl (C=O) groups is 1. The third-order valence-electron chi connectivity index (χ3n) is 6.27. The molecule has 1 fully saturated rings. The average Bonchev–Trinajstić information content (AvgIpc) is 3.38. The van der Waals surface area contributed by atoms with E-state index in [2.05, 4.69) is 35.3 Å². The minimum Gasteiger partial charge on any atom is -0.376 e. The molecule has 0 saturated carbocycles. The highest BCUT2D eigenvalue weighted by Crippen LogP contribution is 2.32. The number of nitrogens with zero attached hydrogens (tertiary/aromatic N) is 3. The van der Waals surface area contributed by atoms with Crippen LogP contribution < -0.4 is 10.2 Å². The van der Waals surface area contributed by atoms with E-state index in [9.17, 15) is 10.1 Å². The van der Waals surface area contributed by atoms with E-state index in [0.29, 0.717) is 17.9 Å². The molecule has 6 nitrogen and oxygen atoms in total. The predicted octanol–water partition coefficient (Wildman–Crippen LogP) is 3.55. The number of carbonyl (C=O) groups excluding carboxylic acids is 1. The first-order valence-corrected chi connectivity index (χ1v) is 10.4. The highest BCUT2D eigenvalue weighted by Gasteiger charge is 2.29. The van der Waals surface area contributed by atoms with Gasteiger partial charge in [0.05, 0.1) is 24.8 Å². The molecule has 0 bridgehead atoms. The summed E-state index contributed by atoms with van der Waals surface area (Å²) in [6.07, 6.45) is 3.14. The second kappa shape index (κ2) is 7.92. The van der Waals surface area contributed by atoms with E-state index in [4.69, 9.17) is 4.74 Å². The largest absolute Gasteiger partial charge is 0.376 e. The van der Waals surface area contributed by atoms with Crippen molar-refractivity contribution in [3.05, 3.63) is 46.6 Å². The van der Waals surface area contributed by atoms with Gasteiger partial charge in [-0.05, 0) is 57.2 Å². The maximum Gasteiger partial charge on any atom is 0.245 e. The Bertz CT molecular complexity index is 966.